The summed E-state index contributed by atoms with van der Waals surface area (Å²) in [5.41, 5.74) is 0.903. The molecule has 0 radical (unpaired) electrons. The van der Waals surface area contributed by atoms with Crippen molar-refractivity contribution in [3.63, 3.8) is 0 Å². The van der Waals surface area contributed by atoms with E-state index in [0.29, 0.717) is 25.0 Å². The van der Waals surface area contributed by atoms with Crippen molar-refractivity contribution in [2.75, 3.05) is 5.32 Å². The Morgan fingerprint density at radius 1 is 1.35 bits per heavy atom. The zero-order chi connectivity index (χ0) is 18.5. The standard InChI is InChI=1S/C18H20N4O4/c1-11-9-15(22-26-11)21-18(25)14(10-12-5-3-2-4-6-12)20-17(24)13-7-8-16(23)19-13/h2-6,9,13-14H,7-8,10H2,1H3,(H,19,23)(H,20,24)(H,21,22,25). The Bertz CT molecular complexity index is 803. The molecule has 1 saturated heterocycles. The number of rotatable bonds is 6. The van der Waals surface area contributed by atoms with Crippen LogP contribution in [0.4, 0.5) is 5.82 Å². The van der Waals surface area contributed by atoms with Crippen LogP contribution in [0.25, 0.3) is 0 Å². The minimum absolute atomic E-state index is 0.160. The molecule has 3 N–H and O–H groups in total. The van der Waals surface area contributed by atoms with Crippen molar-refractivity contribution in [2.24, 2.45) is 0 Å². The summed E-state index contributed by atoms with van der Waals surface area (Å²) < 4.78 is 4.94. The molecule has 136 valence electrons. The molecule has 1 aromatic carbocycles. The first-order valence-corrected chi connectivity index (χ1v) is 8.39. The van der Waals surface area contributed by atoms with Gasteiger partial charge in [-0.15, -0.1) is 0 Å². The van der Waals surface area contributed by atoms with Crippen LogP contribution >= 0.6 is 0 Å². The fraction of sp³-hybridized carbons (Fsp3) is 0.333. The van der Waals surface area contributed by atoms with Gasteiger partial charge in [0.1, 0.15) is 17.8 Å². The van der Waals surface area contributed by atoms with Crippen LogP contribution in [0.2, 0.25) is 0 Å². The number of hydrogen-bond acceptors (Lipinski definition) is 5. The molecule has 0 aliphatic carbocycles. The summed E-state index contributed by atoms with van der Waals surface area (Å²) in [6.07, 6.45) is 1.05. The smallest absolute Gasteiger partial charge is 0.248 e. The second kappa shape index (κ2) is 7.81. The number of anilines is 1. The van der Waals surface area contributed by atoms with Crippen molar-refractivity contribution in [1.82, 2.24) is 15.8 Å². The topological polar surface area (TPSA) is 113 Å². The van der Waals surface area contributed by atoms with Crippen LogP contribution in [0.15, 0.2) is 40.9 Å². The van der Waals surface area contributed by atoms with Gasteiger partial charge in [0.2, 0.25) is 17.7 Å². The fourth-order valence-electron chi connectivity index (χ4n) is 2.78. The van der Waals surface area contributed by atoms with E-state index in [-0.39, 0.29) is 17.6 Å². The maximum atomic E-state index is 12.6. The van der Waals surface area contributed by atoms with Crippen LogP contribution < -0.4 is 16.0 Å². The summed E-state index contributed by atoms with van der Waals surface area (Å²) in [7, 11) is 0. The maximum Gasteiger partial charge on any atom is 0.248 e. The Labute approximate surface area is 150 Å². The second-order valence-corrected chi connectivity index (χ2v) is 6.22. The molecule has 2 heterocycles. The van der Waals surface area contributed by atoms with E-state index >= 15 is 0 Å². The predicted molar refractivity (Wildman–Crippen MR) is 93.1 cm³/mol. The second-order valence-electron chi connectivity index (χ2n) is 6.22. The molecule has 26 heavy (non-hydrogen) atoms. The minimum atomic E-state index is -0.806. The molecule has 1 aliphatic rings. The Hall–Kier alpha value is -3.16. The number of aromatic nitrogens is 1. The molecule has 2 aromatic rings. The summed E-state index contributed by atoms with van der Waals surface area (Å²) >= 11 is 0. The molecular weight excluding hydrogens is 336 g/mol. The first kappa shape index (κ1) is 17.7. The number of carbonyl (C=O) groups is 3. The minimum Gasteiger partial charge on any atom is -0.360 e. The number of amides is 3. The average molecular weight is 356 g/mol. The normalized spacial score (nSPS) is 17.4. The van der Waals surface area contributed by atoms with Gasteiger partial charge in [-0.3, -0.25) is 14.4 Å². The third kappa shape index (κ3) is 4.47. The highest BCUT2D eigenvalue weighted by atomic mass is 16.5. The predicted octanol–water partition coefficient (Wildman–Crippen LogP) is 0.928. The van der Waals surface area contributed by atoms with Crippen LogP contribution in [0, 0.1) is 6.92 Å². The molecule has 1 aromatic heterocycles. The highest BCUT2D eigenvalue weighted by molar-refractivity contribution is 5.98. The van der Waals surface area contributed by atoms with Crippen LogP contribution in [0.5, 0.6) is 0 Å². The quantitative estimate of drug-likeness (QED) is 0.712. The lowest BCUT2D eigenvalue weighted by molar-refractivity contribution is -0.128. The fourth-order valence-corrected chi connectivity index (χ4v) is 2.78. The van der Waals surface area contributed by atoms with Gasteiger partial charge in [-0.05, 0) is 18.9 Å². The molecule has 1 fully saturated rings. The molecule has 0 bridgehead atoms. The lowest BCUT2D eigenvalue weighted by Gasteiger charge is -2.20. The summed E-state index contributed by atoms with van der Waals surface area (Å²) in [6, 6.07) is 9.55. The van der Waals surface area contributed by atoms with E-state index in [1.807, 2.05) is 30.3 Å². The van der Waals surface area contributed by atoms with Gasteiger partial charge in [0.05, 0.1) is 0 Å². The number of nitrogens with one attached hydrogen (secondary N) is 3. The monoisotopic (exact) mass is 356 g/mol. The number of benzene rings is 1. The molecule has 8 nitrogen and oxygen atoms in total. The SMILES string of the molecule is Cc1cc(NC(=O)C(Cc2ccccc2)NC(=O)C2CCC(=O)N2)no1. The van der Waals surface area contributed by atoms with Crippen LogP contribution in [0.3, 0.4) is 0 Å². The van der Waals surface area contributed by atoms with Crippen LogP contribution in [-0.4, -0.2) is 35.0 Å². The van der Waals surface area contributed by atoms with Gasteiger partial charge in [0.25, 0.3) is 0 Å². The lowest BCUT2D eigenvalue weighted by atomic mass is 10.0. The lowest BCUT2D eigenvalue weighted by Crippen LogP contribution is -2.51. The average Bonchev–Trinajstić information content (AvgIpc) is 3.23. The molecule has 2 atom stereocenters. The van der Waals surface area contributed by atoms with Crippen LogP contribution in [0.1, 0.15) is 24.2 Å². The number of nitrogens with zero attached hydrogens (tertiary/aromatic N) is 1. The molecule has 3 rings (SSSR count). The maximum absolute atomic E-state index is 12.6. The van der Waals surface area contributed by atoms with E-state index in [4.69, 9.17) is 4.52 Å². The van der Waals surface area contributed by atoms with E-state index in [1.165, 1.54) is 0 Å². The van der Waals surface area contributed by atoms with E-state index in [9.17, 15) is 14.4 Å². The van der Waals surface area contributed by atoms with E-state index in [0.717, 1.165) is 5.56 Å². The van der Waals surface area contributed by atoms with Crippen molar-refractivity contribution in [2.45, 2.75) is 38.3 Å². The molecule has 0 saturated carbocycles. The van der Waals surface area contributed by atoms with Gasteiger partial charge < -0.3 is 20.5 Å². The highest BCUT2D eigenvalue weighted by Gasteiger charge is 2.30. The number of hydrogen-bond donors (Lipinski definition) is 3. The number of aryl methyl sites for hydroxylation is 1. The van der Waals surface area contributed by atoms with Crippen molar-refractivity contribution in [3.05, 3.63) is 47.7 Å². The summed E-state index contributed by atoms with van der Waals surface area (Å²) in [6.45, 7) is 1.72. The Morgan fingerprint density at radius 3 is 2.73 bits per heavy atom. The largest absolute Gasteiger partial charge is 0.360 e. The zero-order valence-electron chi connectivity index (χ0n) is 14.3. The van der Waals surface area contributed by atoms with Crippen molar-refractivity contribution in [1.29, 1.82) is 0 Å². The van der Waals surface area contributed by atoms with Gasteiger partial charge in [0.15, 0.2) is 5.82 Å². The first-order valence-electron chi connectivity index (χ1n) is 8.39. The summed E-state index contributed by atoms with van der Waals surface area (Å²) in [5, 5.41) is 11.7. The Balaban J connectivity index is 1.71. The van der Waals surface area contributed by atoms with Crippen molar-refractivity contribution >= 4 is 23.5 Å². The number of carbonyl (C=O) groups excluding carboxylic acids is 3. The van der Waals surface area contributed by atoms with E-state index in [2.05, 4.69) is 21.1 Å². The Kier molecular flexibility index (Phi) is 5.31. The van der Waals surface area contributed by atoms with Gasteiger partial charge in [-0.2, -0.15) is 0 Å². The van der Waals surface area contributed by atoms with Crippen molar-refractivity contribution < 1.29 is 18.9 Å². The highest BCUT2D eigenvalue weighted by Crippen LogP contribution is 2.11. The van der Waals surface area contributed by atoms with Gasteiger partial charge in [-0.1, -0.05) is 35.5 Å². The van der Waals surface area contributed by atoms with Crippen molar-refractivity contribution in [3.8, 4) is 0 Å². The third-order valence-corrected chi connectivity index (χ3v) is 4.11. The summed E-state index contributed by atoms with van der Waals surface area (Å²) in [4.78, 5) is 36.4. The first-order chi connectivity index (χ1) is 12.5. The molecule has 2 unspecified atom stereocenters. The molecule has 1 aliphatic heterocycles. The third-order valence-electron chi connectivity index (χ3n) is 4.11. The summed E-state index contributed by atoms with van der Waals surface area (Å²) in [5.74, 6) is -0.0815. The zero-order valence-corrected chi connectivity index (χ0v) is 14.3. The van der Waals surface area contributed by atoms with Gasteiger partial charge in [-0.25, -0.2) is 0 Å². The molecule has 3 amide bonds. The molecule has 0 spiro atoms. The molecule has 8 heteroatoms. The van der Waals surface area contributed by atoms with E-state index < -0.39 is 18.0 Å². The van der Waals surface area contributed by atoms with Crippen LogP contribution in [-0.2, 0) is 20.8 Å². The van der Waals surface area contributed by atoms with E-state index in [1.54, 1.807) is 13.0 Å². The van der Waals surface area contributed by atoms with Gasteiger partial charge in [0, 0.05) is 18.9 Å². The van der Waals surface area contributed by atoms with Gasteiger partial charge >= 0.3 is 0 Å². The Morgan fingerprint density at radius 2 is 2.12 bits per heavy atom. The molecular formula is C18H20N4O4.